The molecule has 0 unspecified atom stereocenters. The van der Waals surface area contributed by atoms with Crippen LogP contribution in [0.5, 0.6) is 0 Å². The van der Waals surface area contributed by atoms with Crippen molar-refractivity contribution in [2.24, 2.45) is 0 Å². The number of nitrogens with one attached hydrogen (secondary N) is 1. The van der Waals surface area contributed by atoms with E-state index in [0.29, 0.717) is 6.10 Å². The molecule has 3 nitrogen and oxygen atoms in total. The lowest BCUT2D eigenvalue weighted by molar-refractivity contribution is 0.0415. The molecule has 2 heterocycles. The highest BCUT2D eigenvalue weighted by molar-refractivity contribution is 9.10. The van der Waals surface area contributed by atoms with Crippen LogP contribution in [-0.2, 0) is 11.3 Å². The molecule has 1 aliphatic rings. The summed E-state index contributed by atoms with van der Waals surface area (Å²) in [6, 6.07) is 2.11. The third-order valence-electron chi connectivity index (χ3n) is 3.45. The molecule has 2 rings (SSSR count). The second kappa shape index (κ2) is 7.60. The number of hydrogen-bond donors (Lipinski definition) is 1. The van der Waals surface area contributed by atoms with Gasteiger partial charge in [0, 0.05) is 49.2 Å². The molecule has 0 amide bonds. The third-order valence-corrected chi connectivity index (χ3v) is 5.38. The molecule has 0 atom stereocenters. The van der Waals surface area contributed by atoms with Crippen LogP contribution < -0.4 is 5.32 Å². The van der Waals surface area contributed by atoms with E-state index in [1.54, 1.807) is 11.3 Å². The standard InChI is InChI=1S/C13H21BrN2OS/c1-17-11-2-6-16(7-3-11)8-5-15-10-13-12(14)4-9-18-13/h4,9,11,15H,2-3,5-8,10H2,1H3. The van der Waals surface area contributed by atoms with Gasteiger partial charge in [-0.25, -0.2) is 0 Å². The van der Waals surface area contributed by atoms with E-state index < -0.39 is 0 Å². The highest BCUT2D eigenvalue weighted by Gasteiger charge is 2.17. The number of halogens is 1. The summed E-state index contributed by atoms with van der Waals surface area (Å²) in [5, 5.41) is 5.63. The molecule has 1 fully saturated rings. The zero-order chi connectivity index (χ0) is 12.8. The number of thiophene rings is 1. The van der Waals surface area contributed by atoms with E-state index in [1.807, 2.05) is 7.11 Å². The molecule has 1 aliphatic heterocycles. The minimum absolute atomic E-state index is 0.483. The summed E-state index contributed by atoms with van der Waals surface area (Å²) in [4.78, 5) is 3.90. The molecular weight excluding hydrogens is 312 g/mol. The Labute approximate surface area is 122 Å². The normalized spacial score (nSPS) is 18.3. The summed E-state index contributed by atoms with van der Waals surface area (Å²) >= 11 is 5.35. The number of methoxy groups -OCH3 is 1. The maximum atomic E-state index is 5.38. The van der Waals surface area contributed by atoms with Crippen molar-refractivity contribution in [3.63, 3.8) is 0 Å². The Morgan fingerprint density at radius 2 is 2.28 bits per heavy atom. The first kappa shape index (κ1) is 14.5. The van der Waals surface area contributed by atoms with Crippen LogP contribution in [0.4, 0.5) is 0 Å². The number of rotatable bonds is 6. The van der Waals surface area contributed by atoms with Crippen molar-refractivity contribution in [1.29, 1.82) is 0 Å². The smallest absolute Gasteiger partial charge is 0.0595 e. The molecule has 102 valence electrons. The maximum Gasteiger partial charge on any atom is 0.0595 e. The van der Waals surface area contributed by atoms with E-state index in [-0.39, 0.29) is 0 Å². The Kier molecular flexibility index (Phi) is 6.11. The van der Waals surface area contributed by atoms with Gasteiger partial charge in [0.25, 0.3) is 0 Å². The molecule has 0 aromatic carbocycles. The first-order valence-electron chi connectivity index (χ1n) is 6.47. The minimum Gasteiger partial charge on any atom is -0.381 e. The number of piperidine rings is 1. The monoisotopic (exact) mass is 332 g/mol. The highest BCUT2D eigenvalue weighted by atomic mass is 79.9. The Bertz CT molecular complexity index is 351. The van der Waals surface area contributed by atoms with Crippen molar-refractivity contribution in [3.05, 3.63) is 20.8 Å². The van der Waals surface area contributed by atoms with Crippen LogP contribution in [0.2, 0.25) is 0 Å². The van der Waals surface area contributed by atoms with E-state index in [9.17, 15) is 0 Å². The van der Waals surface area contributed by atoms with Gasteiger partial charge in [-0.3, -0.25) is 0 Å². The number of hydrogen-bond acceptors (Lipinski definition) is 4. The maximum absolute atomic E-state index is 5.38. The molecular formula is C13H21BrN2OS. The molecule has 0 saturated carbocycles. The van der Waals surface area contributed by atoms with Gasteiger partial charge >= 0.3 is 0 Å². The molecule has 1 aromatic rings. The lowest BCUT2D eigenvalue weighted by atomic mass is 10.1. The second-order valence-corrected chi connectivity index (χ2v) is 6.50. The summed E-state index contributed by atoms with van der Waals surface area (Å²) in [6.45, 7) is 5.50. The molecule has 18 heavy (non-hydrogen) atoms. The topological polar surface area (TPSA) is 24.5 Å². The van der Waals surface area contributed by atoms with E-state index >= 15 is 0 Å². The van der Waals surface area contributed by atoms with Gasteiger partial charge in [0.15, 0.2) is 0 Å². The lowest BCUT2D eigenvalue weighted by Gasteiger charge is -2.31. The number of ether oxygens (including phenoxy) is 1. The summed E-state index contributed by atoms with van der Waals surface area (Å²) in [7, 11) is 1.82. The van der Waals surface area contributed by atoms with Gasteiger partial charge < -0.3 is 15.0 Å². The number of nitrogens with zero attached hydrogens (tertiary/aromatic N) is 1. The van der Waals surface area contributed by atoms with Crippen molar-refractivity contribution >= 4 is 27.3 Å². The molecule has 1 saturated heterocycles. The van der Waals surface area contributed by atoms with E-state index in [4.69, 9.17) is 4.74 Å². The van der Waals surface area contributed by atoms with Crippen LogP contribution in [0.1, 0.15) is 17.7 Å². The SMILES string of the molecule is COC1CCN(CCNCc2sccc2Br)CC1. The summed E-state index contributed by atoms with van der Waals surface area (Å²) in [5.74, 6) is 0. The molecule has 0 bridgehead atoms. The van der Waals surface area contributed by atoms with Gasteiger partial charge in [0.1, 0.15) is 0 Å². The highest BCUT2D eigenvalue weighted by Crippen LogP contribution is 2.22. The Morgan fingerprint density at radius 3 is 2.89 bits per heavy atom. The van der Waals surface area contributed by atoms with Gasteiger partial charge in [0.2, 0.25) is 0 Å². The zero-order valence-electron chi connectivity index (χ0n) is 10.8. The molecule has 1 aromatic heterocycles. The quantitative estimate of drug-likeness (QED) is 0.810. The largest absolute Gasteiger partial charge is 0.381 e. The van der Waals surface area contributed by atoms with Crippen LogP contribution >= 0.6 is 27.3 Å². The Balaban J connectivity index is 1.58. The minimum atomic E-state index is 0.483. The molecule has 1 N–H and O–H groups in total. The summed E-state index contributed by atoms with van der Waals surface area (Å²) in [6.07, 6.45) is 2.83. The molecule has 0 spiro atoms. The van der Waals surface area contributed by atoms with Gasteiger partial charge in [-0.1, -0.05) is 0 Å². The first-order valence-corrected chi connectivity index (χ1v) is 8.14. The Morgan fingerprint density at radius 1 is 1.50 bits per heavy atom. The fraction of sp³-hybridized carbons (Fsp3) is 0.692. The van der Waals surface area contributed by atoms with Crippen LogP contribution in [0.3, 0.4) is 0 Å². The second-order valence-electron chi connectivity index (χ2n) is 4.65. The predicted molar refractivity (Wildman–Crippen MR) is 80.2 cm³/mol. The first-order chi connectivity index (χ1) is 8.79. The van der Waals surface area contributed by atoms with Gasteiger partial charge in [-0.2, -0.15) is 0 Å². The van der Waals surface area contributed by atoms with Crippen LogP contribution in [0.15, 0.2) is 15.9 Å². The van der Waals surface area contributed by atoms with E-state index in [2.05, 4.69) is 37.6 Å². The molecule has 0 radical (unpaired) electrons. The number of likely N-dealkylation sites (tertiary alicyclic amines) is 1. The zero-order valence-corrected chi connectivity index (χ0v) is 13.2. The van der Waals surface area contributed by atoms with E-state index in [0.717, 1.165) is 19.6 Å². The van der Waals surface area contributed by atoms with Gasteiger partial charge in [-0.15, -0.1) is 11.3 Å². The fourth-order valence-electron chi connectivity index (χ4n) is 2.26. The van der Waals surface area contributed by atoms with Crippen molar-refractivity contribution in [2.75, 3.05) is 33.3 Å². The predicted octanol–water partition coefficient (Wildman–Crippen LogP) is 2.71. The summed E-state index contributed by atoms with van der Waals surface area (Å²) in [5.41, 5.74) is 0. The van der Waals surface area contributed by atoms with Crippen molar-refractivity contribution in [2.45, 2.75) is 25.5 Å². The van der Waals surface area contributed by atoms with Crippen LogP contribution in [0.25, 0.3) is 0 Å². The average molecular weight is 333 g/mol. The molecule has 0 aliphatic carbocycles. The summed E-state index contributed by atoms with van der Waals surface area (Å²) < 4.78 is 6.60. The van der Waals surface area contributed by atoms with Crippen LogP contribution in [-0.4, -0.2) is 44.3 Å². The average Bonchev–Trinajstić information content (AvgIpc) is 2.81. The fourth-order valence-corrected chi connectivity index (χ4v) is 3.72. The van der Waals surface area contributed by atoms with Crippen molar-refractivity contribution in [1.82, 2.24) is 10.2 Å². The van der Waals surface area contributed by atoms with Gasteiger partial charge in [0.05, 0.1) is 6.10 Å². The van der Waals surface area contributed by atoms with Crippen LogP contribution in [0, 0.1) is 0 Å². The Hall–Kier alpha value is 0.0600. The molecule has 5 heteroatoms. The van der Waals surface area contributed by atoms with Gasteiger partial charge in [-0.05, 0) is 40.2 Å². The third kappa shape index (κ3) is 4.31. The van der Waals surface area contributed by atoms with Crippen molar-refractivity contribution in [3.8, 4) is 0 Å². The van der Waals surface area contributed by atoms with Crippen molar-refractivity contribution < 1.29 is 4.74 Å². The van der Waals surface area contributed by atoms with E-state index in [1.165, 1.54) is 35.3 Å². The lowest BCUT2D eigenvalue weighted by Crippen LogP contribution is -2.40.